The van der Waals surface area contributed by atoms with Crippen LogP contribution in [0.2, 0.25) is 10.0 Å². The van der Waals surface area contributed by atoms with Crippen molar-refractivity contribution in [2.75, 3.05) is 13.7 Å². The molecule has 2 atom stereocenters. The molecule has 2 unspecified atom stereocenters. The summed E-state index contributed by atoms with van der Waals surface area (Å²) in [4.78, 5) is 12.6. The van der Waals surface area contributed by atoms with Gasteiger partial charge in [-0.15, -0.1) is 0 Å². The van der Waals surface area contributed by atoms with Crippen LogP contribution in [0.15, 0.2) is 77.7 Å². The summed E-state index contributed by atoms with van der Waals surface area (Å²) in [7, 11) is 1.60. The zero-order valence-corrected chi connectivity index (χ0v) is 25.8. The second-order valence-corrected chi connectivity index (χ2v) is 11.7. The van der Waals surface area contributed by atoms with Gasteiger partial charge in [-0.2, -0.15) is 5.10 Å². The standard InChI is InChI=1S/C32H29Cl2N3O4S/c1-5-35-32(38)21-8-6-20(7-9-21)19(3)37-31(18(2)30(36-37)23-14-24(33)17-25(34)15-23)29-27-12-11-26(41-4)16-22(27)10-13-28(29)42(39)40/h6-17,19H,5H2,1-4H3,(H,35,38)(H,39,40). The van der Waals surface area contributed by atoms with E-state index in [2.05, 4.69) is 5.32 Å². The molecule has 7 nitrogen and oxygen atoms in total. The van der Waals surface area contributed by atoms with Gasteiger partial charge in [-0.1, -0.05) is 41.4 Å². The second-order valence-electron chi connectivity index (χ2n) is 9.86. The van der Waals surface area contributed by atoms with E-state index in [0.29, 0.717) is 44.9 Å². The first-order valence-electron chi connectivity index (χ1n) is 13.3. The molecule has 216 valence electrons. The molecule has 4 aromatic carbocycles. The Morgan fingerprint density at radius 1 is 1.05 bits per heavy atom. The smallest absolute Gasteiger partial charge is 0.251 e. The molecule has 0 aliphatic carbocycles. The minimum atomic E-state index is -2.29. The van der Waals surface area contributed by atoms with E-state index < -0.39 is 11.1 Å². The first kappa shape index (κ1) is 29.8. The Morgan fingerprint density at radius 3 is 2.36 bits per heavy atom. The lowest BCUT2D eigenvalue weighted by Gasteiger charge is -2.20. The molecule has 0 aliphatic rings. The van der Waals surface area contributed by atoms with E-state index in [1.165, 1.54) is 0 Å². The van der Waals surface area contributed by atoms with Crippen LogP contribution >= 0.6 is 23.2 Å². The number of nitrogens with one attached hydrogen (secondary N) is 1. The first-order chi connectivity index (χ1) is 20.1. The fourth-order valence-electron chi connectivity index (χ4n) is 5.19. The topological polar surface area (TPSA) is 93.5 Å². The van der Waals surface area contributed by atoms with E-state index in [0.717, 1.165) is 27.5 Å². The average molecular weight is 623 g/mol. The number of methoxy groups -OCH3 is 1. The number of amides is 1. The maximum atomic E-state index is 12.7. The number of nitrogens with zero attached hydrogens (tertiary/aromatic N) is 2. The summed E-state index contributed by atoms with van der Waals surface area (Å²) in [6.07, 6.45) is 0. The Kier molecular flexibility index (Phi) is 8.70. The SMILES string of the molecule is CCNC(=O)c1ccc(C(C)n2nc(-c3cc(Cl)cc(Cl)c3)c(C)c2-c2c(S(=O)O)ccc3cc(OC)ccc23)cc1. The second kappa shape index (κ2) is 12.3. The highest BCUT2D eigenvalue weighted by Gasteiger charge is 2.27. The number of aromatic nitrogens is 2. The van der Waals surface area contributed by atoms with Gasteiger partial charge in [0.25, 0.3) is 5.91 Å². The predicted octanol–water partition coefficient (Wildman–Crippen LogP) is 7.93. The van der Waals surface area contributed by atoms with Crippen molar-refractivity contribution < 1.29 is 18.3 Å². The molecule has 0 bridgehead atoms. The van der Waals surface area contributed by atoms with Crippen molar-refractivity contribution in [3.63, 3.8) is 0 Å². The summed E-state index contributed by atoms with van der Waals surface area (Å²) in [5.41, 5.74) is 4.86. The first-order valence-corrected chi connectivity index (χ1v) is 15.1. The van der Waals surface area contributed by atoms with Crippen LogP contribution in [0.3, 0.4) is 0 Å². The van der Waals surface area contributed by atoms with E-state index in [4.69, 9.17) is 33.0 Å². The van der Waals surface area contributed by atoms with E-state index in [-0.39, 0.29) is 16.8 Å². The lowest BCUT2D eigenvalue weighted by Crippen LogP contribution is -2.22. The van der Waals surface area contributed by atoms with Gasteiger partial charge in [-0.25, -0.2) is 4.21 Å². The molecule has 0 saturated carbocycles. The maximum Gasteiger partial charge on any atom is 0.251 e. The summed E-state index contributed by atoms with van der Waals surface area (Å²) in [5, 5.41) is 10.4. The van der Waals surface area contributed by atoms with Crippen LogP contribution in [0.1, 0.15) is 41.4 Å². The van der Waals surface area contributed by atoms with Crippen LogP contribution in [-0.4, -0.2) is 38.1 Å². The molecule has 0 spiro atoms. The highest BCUT2D eigenvalue weighted by atomic mass is 35.5. The van der Waals surface area contributed by atoms with Gasteiger partial charge in [0.05, 0.1) is 29.4 Å². The van der Waals surface area contributed by atoms with Crippen molar-refractivity contribution in [3.05, 3.63) is 99.5 Å². The highest BCUT2D eigenvalue weighted by molar-refractivity contribution is 7.79. The van der Waals surface area contributed by atoms with Gasteiger partial charge < -0.3 is 14.6 Å². The normalized spacial score (nSPS) is 12.7. The molecule has 10 heteroatoms. The Labute approximate surface area is 256 Å². The Bertz CT molecular complexity index is 1820. The lowest BCUT2D eigenvalue weighted by atomic mass is 9.96. The third-order valence-corrected chi connectivity index (χ3v) is 8.41. The van der Waals surface area contributed by atoms with E-state index >= 15 is 0 Å². The molecule has 0 radical (unpaired) electrons. The maximum absolute atomic E-state index is 12.7. The van der Waals surface area contributed by atoms with Crippen LogP contribution in [0, 0.1) is 6.92 Å². The summed E-state index contributed by atoms with van der Waals surface area (Å²) < 4.78 is 30.5. The highest BCUT2D eigenvalue weighted by Crippen LogP contribution is 2.42. The quantitative estimate of drug-likeness (QED) is 0.172. The number of carbonyl (C=O) groups excluding carboxylic acids is 1. The number of ether oxygens (including phenoxy) is 1. The molecule has 1 aromatic heterocycles. The molecule has 2 N–H and O–H groups in total. The monoisotopic (exact) mass is 621 g/mol. The van der Waals surface area contributed by atoms with Gasteiger partial charge in [-0.3, -0.25) is 9.48 Å². The lowest BCUT2D eigenvalue weighted by molar-refractivity contribution is 0.0955. The molecular weight excluding hydrogens is 593 g/mol. The van der Waals surface area contributed by atoms with Gasteiger partial charge in [0.1, 0.15) is 5.75 Å². The van der Waals surface area contributed by atoms with Crippen molar-refractivity contribution in [3.8, 4) is 28.3 Å². The molecule has 5 aromatic rings. The number of benzene rings is 4. The molecular formula is C32H29Cl2N3O4S. The molecule has 42 heavy (non-hydrogen) atoms. The van der Waals surface area contributed by atoms with E-state index in [1.807, 2.05) is 61.9 Å². The molecule has 5 rings (SSSR count). The van der Waals surface area contributed by atoms with Crippen LogP contribution in [0.4, 0.5) is 0 Å². The van der Waals surface area contributed by atoms with Gasteiger partial charge in [0, 0.05) is 38.8 Å². The van der Waals surface area contributed by atoms with Gasteiger partial charge >= 0.3 is 0 Å². The minimum absolute atomic E-state index is 0.145. The van der Waals surface area contributed by atoms with Crippen molar-refractivity contribution >= 4 is 51.0 Å². The third kappa shape index (κ3) is 5.68. The molecule has 0 aliphatic heterocycles. The van der Waals surface area contributed by atoms with Crippen LogP contribution < -0.4 is 10.1 Å². The summed E-state index contributed by atoms with van der Waals surface area (Å²) >= 11 is 10.5. The fourth-order valence-corrected chi connectivity index (χ4v) is 6.28. The molecule has 1 heterocycles. The van der Waals surface area contributed by atoms with Crippen molar-refractivity contribution in [1.82, 2.24) is 15.1 Å². The summed E-state index contributed by atoms with van der Waals surface area (Å²) in [5.74, 6) is 0.528. The van der Waals surface area contributed by atoms with Crippen LogP contribution in [0.5, 0.6) is 5.75 Å². The average Bonchev–Trinajstić information content (AvgIpc) is 3.31. The van der Waals surface area contributed by atoms with Crippen molar-refractivity contribution in [2.24, 2.45) is 0 Å². The van der Waals surface area contributed by atoms with E-state index in [1.54, 1.807) is 43.5 Å². The zero-order valence-electron chi connectivity index (χ0n) is 23.4. The fraction of sp³-hybridized carbons (Fsp3) is 0.188. The van der Waals surface area contributed by atoms with E-state index in [9.17, 15) is 13.6 Å². The largest absolute Gasteiger partial charge is 0.497 e. The number of hydrogen-bond donors (Lipinski definition) is 2. The van der Waals surface area contributed by atoms with Crippen LogP contribution in [0.25, 0.3) is 33.3 Å². The number of fused-ring (bicyclic) bond motifs is 1. The third-order valence-electron chi connectivity index (χ3n) is 7.26. The Morgan fingerprint density at radius 2 is 1.74 bits per heavy atom. The van der Waals surface area contributed by atoms with Crippen molar-refractivity contribution in [1.29, 1.82) is 0 Å². The van der Waals surface area contributed by atoms with Gasteiger partial charge in [0.2, 0.25) is 0 Å². The molecule has 1 amide bonds. The Hall–Kier alpha value is -3.69. The summed E-state index contributed by atoms with van der Waals surface area (Å²) in [6, 6.07) is 21.3. The molecule has 0 saturated heterocycles. The Balaban J connectivity index is 1.79. The minimum Gasteiger partial charge on any atom is -0.497 e. The number of hydrogen-bond acceptors (Lipinski definition) is 4. The van der Waals surface area contributed by atoms with Gasteiger partial charge in [0.15, 0.2) is 11.1 Å². The number of carbonyl (C=O) groups is 1. The predicted molar refractivity (Wildman–Crippen MR) is 169 cm³/mol. The molecule has 0 fully saturated rings. The zero-order chi connectivity index (χ0) is 30.1. The van der Waals surface area contributed by atoms with Crippen molar-refractivity contribution in [2.45, 2.75) is 31.7 Å². The summed E-state index contributed by atoms with van der Waals surface area (Å²) in [6.45, 7) is 6.34. The van der Waals surface area contributed by atoms with Crippen LogP contribution in [-0.2, 0) is 11.1 Å². The number of rotatable bonds is 8. The van der Waals surface area contributed by atoms with Gasteiger partial charge in [-0.05, 0) is 91.7 Å². The number of halogens is 2.